The lowest BCUT2D eigenvalue weighted by molar-refractivity contribution is -0.144. The number of ether oxygens (including phenoxy) is 5. The molecule has 2 aromatic carbocycles. The molecule has 0 N–H and O–H groups in total. The molecule has 9 heteroatoms. The van der Waals surface area contributed by atoms with Crippen LogP contribution in [-0.4, -0.2) is 57.2 Å². The highest BCUT2D eigenvalue weighted by molar-refractivity contribution is 6.06. The molecule has 0 spiro atoms. The molecule has 0 saturated carbocycles. The molecule has 0 aliphatic rings. The number of carbonyl (C=O) groups excluding carboxylic acids is 4. The number of carbonyl (C=O) groups is 4. The van der Waals surface area contributed by atoms with E-state index >= 15 is 0 Å². The molecular formula is C32H36O9. The Hall–Kier alpha value is -4.66. The number of methoxy groups -OCH3 is 1. The minimum absolute atomic E-state index is 0.0502. The van der Waals surface area contributed by atoms with E-state index in [0.717, 1.165) is 23.0 Å². The molecule has 0 aliphatic heterocycles. The van der Waals surface area contributed by atoms with Crippen molar-refractivity contribution in [3.8, 4) is 11.5 Å². The number of esters is 3. The van der Waals surface area contributed by atoms with Crippen LogP contribution in [0.3, 0.4) is 0 Å². The zero-order chi connectivity index (χ0) is 30.0. The van der Waals surface area contributed by atoms with E-state index in [-0.39, 0.29) is 31.0 Å². The van der Waals surface area contributed by atoms with Crippen LogP contribution in [0.4, 0.5) is 0 Å². The van der Waals surface area contributed by atoms with Crippen molar-refractivity contribution < 1.29 is 42.9 Å². The molecule has 2 rings (SSSR count). The number of hydrogen-bond donors (Lipinski definition) is 0. The second kappa shape index (κ2) is 17.8. The molecule has 218 valence electrons. The molecule has 9 nitrogen and oxygen atoms in total. The fourth-order valence-electron chi connectivity index (χ4n) is 3.37. The average molecular weight is 565 g/mol. The lowest BCUT2D eigenvalue weighted by Crippen LogP contribution is -2.13. The Morgan fingerprint density at radius 2 is 1.54 bits per heavy atom. The molecule has 0 fully saturated rings. The normalized spacial score (nSPS) is 10.5. The molecular weight excluding hydrogens is 528 g/mol. The minimum atomic E-state index is -0.621. The van der Waals surface area contributed by atoms with Gasteiger partial charge >= 0.3 is 17.9 Å². The molecule has 0 bridgehead atoms. The van der Waals surface area contributed by atoms with Crippen molar-refractivity contribution in [2.24, 2.45) is 0 Å². The lowest BCUT2D eigenvalue weighted by atomic mass is 10.1. The van der Waals surface area contributed by atoms with Crippen molar-refractivity contribution in [1.82, 2.24) is 0 Å². The second-order valence-electron chi connectivity index (χ2n) is 8.87. The summed E-state index contributed by atoms with van der Waals surface area (Å²) in [5, 5.41) is 0. The van der Waals surface area contributed by atoms with E-state index in [2.05, 4.69) is 17.9 Å². The smallest absolute Gasteiger partial charge is 0.333 e. The van der Waals surface area contributed by atoms with Crippen LogP contribution in [0, 0.1) is 6.92 Å². The Bertz CT molecular complexity index is 1240. The maximum atomic E-state index is 12.6. The average Bonchev–Trinajstić information content (AvgIpc) is 2.98. The number of benzene rings is 2. The predicted octanol–water partition coefficient (Wildman–Crippen LogP) is 5.21. The zero-order valence-electron chi connectivity index (χ0n) is 23.5. The van der Waals surface area contributed by atoms with Gasteiger partial charge in [0.15, 0.2) is 5.78 Å². The summed E-state index contributed by atoms with van der Waals surface area (Å²) in [6.45, 7) is 10.1. The Kier molecular flexibility index (Phi) is 14.2. The fraction of sp³-hybridized carbons (Fsp3) is 0.312. The number of aryl methyl sites for hydroxylation is 1. The topological polar surface area (TPSA) is 114 Å². The van der Waals surface area contributed by atoms with Gasteiger partial charge in [0.25, 0.3) is 0 Å². The maximum Gasteiger partial charge on any atom is 0.333 e. The summed E-state index contributed by atoms with van der Waals surface area (Å²) in [7, 11) is 1.24. The van der Waals surface area contributed by atoms with Crippen molar-refractivity contribution in [2.45, 2.75) is 32.6 Å². The van der Waals surface area contributed by atoms with Gasteiger partial charge in [-0.25, -0.2) is 9.59 Å². The molecule has 0 unspecified atom stereocenters. The van der Waals surface area contributed by atoms with E-state index < -0.39 is 17.9 Å². The monoisotopic (exact) mass is 564 g/mol. The molecule has 2 aromatic rings. The summed E-state index contributed by atoms with van der Waals surface area (Å²) in [4.78, 5) is 46.6. The second-order valence-corrected chi connectivity index (χ2v) is 8.87. The predicted molar refractivity (Wildman–Crippen MR) is 154 cm³/mol. The minimum Gasteiger partial charge on any atom is -0.494 e. The van der Waals surface area contributed by atoms with Gasteiger partial charge in [0, 0.05) is 23.6 Å². The number of rotatable bonds is 18. The van der Waals surface area contributed by atoms with Crippen LogP contribution in [0.5, 0.6) is 11.5 Å². The third kappa shape index (κ3) is 12.4. The van der Waals surface area contributed by atoms with Crippen LogP contribution in [0.1, 0.15) is 47.2 Å². The van der Waals surface area contributed by atoms with E-state index in [1.807, 2.05) is 25.1 Å². The van der Waals surface area contributed by atoms with E-state index in [4.69, 9.17) is 18.9 Å². The Balaban J connectivity index is 1.71. The van der Waals surface area contributed by atoms with E-state index in [1.54, 1.807) is 30.3 Å². The molecule has 0 heterocycles. The van der Waals surface area contributed by atoms with Crippen LogP contribution >= 0.6 is 0 Å². The zero-order valence-corrected chi connectivity index (χ0v) is 23.5. The summed E-state index contributed by atoms with van der Waals surface area (Å²) in [6.07, 6.45) is 5.98. The number of unbranched alkanes of at least 4 members (excludes halogenated alkanes) is 1. The van der Waals surface area contributed by atoms with Crippen LogP contribution in [0.15, 0.2) is 73.3 Å². The van der Waals surface area contributed by atoms with Crippen molar-refractivity contribution in [3.63, 3.8) is 0 Å². The molecule has 0 atom stereocenters. The van der Waals surface area contributed by atoms with Gasteiger partial charge in [-0.15, -0.1) is 0 Å². The summed E-state index contributed by atoms with van der Waals surface area (Å²) in [6, 6.07) is 12.5. The first kappa shape index (κ1) is 32.6. The first-order chi connectivity index (χ1) is 19.7. The SMILES string of the molecule is C=CC(=O)OCCCOc1ccc(/C=C/C(=O)c2ccc(OCCCCOC(=O)C(=C)CC(=O)OC)cc2)cc1C. The van der Waals surface area contributed by atoms with Gasteiger partial charge < -0.3 is 23.7 Å². The number of hydrogen-bond acceptors (Lipinski definition) is 9. The lowest BCUT2D eigenvalue weighted by Gasteiger charge is -2.10. The van der Waals surface area contributed by atoms with E-state index in [9.17, 15) is 19.2 Å². The maximum absolute atomic E-state index is 12.6. The Labute approximate surface area is 240 Å². The fourth-order valence-corrected chi connectivity index (χ4v) is 3.37. The molecule has 0 aliphatic carbocycles. The molecule has 0 saturated heterocycles. The molecule has 0 amide bonds. The Morgan fingerprint density at radius 1 is 0.854 bits per heavy atom. The standard InChI is InChI=1S/C32H36O9/c1-5-30(34)40-20-8-19-39-29-16-10-25(21-23(29)2)9-15-28(33)26-11-13-27(14-12-26)38-17-6-7-18-41-32(36)24(3)22-31(35)37-4/h5,9-16,21H,1,3,6-8,17-20,22H2,2,4H3/b15-9+. The Morgan fingerprint density at radius 3 is 2.22 bits per heavy atom. The van der Waals surface area contributed by atoms with Gasteiger partial charge in [0.2, 0.25) is 0 Å². The number of allylic oxidation sites excluding steroid dienone is 1. The van der Waals surface area contributed by atoms with Gasteiger partial charge in [-0.2, -0.15) is 0 Å². The summed E-state index contributed by atoms with van der Waals surface area (Å²) in [5.74, 6) is -0.413. The van der Waals surface area contributed by atoms with E-state index in [1.165, 1.54) is 13.2 Å². The highest BCUT2D eigenvalue weighted by Gasteiger charge is 2.13. The first-order valence-electron chi connectivity index (χ1n) is 13.1. The van der Waals surface area contributed by atoms with Gasteiger partial charge in [0.05, 0.1) is 40.0 Å². The van der Waals surface area contributed by atoms with Crippen LogP contribution in [0.25, 0.3) is 6.08 Å². The van der Waals surface area contributed by atoms with Crippen molar-refractivity contribution >= 4 is 29.8 Å². The highest BCUT2D eigenvalue weighted by atomic mass is 16.5. The van der Waals surface area contributed by atoms with Crippen molar-refractivity contribution in [1.29, 1.82) is 0 Å². The van der Waals surface area contributed by atoms with Crippen LogP contribution < -0.4 is 9.47 Å². The summed E-state index contributed by atoms with van der Waals surface area (Å²) < 4.78 is 25.9. The van der Waals surface area contributed by atoms with Crippen molar-refractivity contribution in [3.05, 3.63) is 90.0 Å². The largest absolute Gasteiger partial charge is 0.494 e. The highest BCUT2D eigenvalue weighted by Crippen LogP contribution is 2.21. The third-order valence-electron chi connectivity index (χ3n) is 5.64. The molecule has 0 radical (unpaired) electrons. The molecule has 0 aromatic heterocycles. The van der Waals surface area contributed by atoms with Gasteiger partial charge in [-0.3, -0.25) is 9.59 Å². The van der Waals surface area contributed by atoms with Gasteiger partial charge in [-0.05, 0) is 73.4 Å². The quantitative estimate of drug-likeness (QED) is 0.0791. The molecule has 41 heavy (non-hydrogen) atoms. The summed E-state index contributed by atoms with van der Waals surface area (Å²) >= 11 is 0. The number of ketones is 1. The van der Waals surface area contributed by atoms with Gasteiger partial charge in [0.1, 0.15) is 11.5 Å². The summed E-state index contributed by atoms with van der Waals surface area (Å²) in [5.41, 5.74) is 2.36. The van der Waals surface area contributed by atoms with Gasteiger partial charge in [-0.1, -0.05) is 25.3 Å². The first-order valence-corrected chi connectivity index (χ1v) is 13.1. The van der Waals surface area contributed by atoms with E-state index in [0.29, 0.717) is 43.8 Å². The van der Waals surface area contributed by atoms with Crippen LogP contribution in [-0.2, 0) is 28.6 Å². The van der Waals surface area contributed by atoms with Crippen LogP contribution in [0.2, 0.25) is 0 Å². The van der Waals surface area contributed by atoms with Crippen molar-refractivity contribution in [2.75, 3.05) is 33.5 Å². The third-order valence-corrected chi connectivity index (χ3v) is 5.64.